The molecule has 0 amide bonds. The van der Waals surface area contributed by atoms with Gasteiger partial charge in [0.05, 0.1) is 12.5 Å². The summed E-state index contributed by atoms with van der Waals surface area (Å²) in [7, 11) is 0. The maximum absolute atomic E-state index is 12.7. The van der Waals surface area contributed by atoms with Gasteiger partial charge in [-0.2, -0.15) is 0 Å². The molecule has 0 N–H and O–H groups in total. The molecule has 0 bridgehead atoms. The van der Waals surface area contributed by atoms with Crippen LogP contribution in [0.4, 0.5) is 0 Å². The smallest absolute Gasteiger partial charge is 0.308 e. The van der Waals surface area contributed by atoms with Crippen LogP contribution < -0.4 is 0 Å². The van der Waals surface area contributed by atoms with Crippen LogP contribution in [0.5, 0.6) is 0 Å². The average molecular weight is 383 g/mol. The highest BCUT2D eigenvalue weighted by Gasteiger charge is 2.33. The topological polar surface area (TPSA) is 43.4 Å². The van der Waals surface area contributed by atoms with Crippen molar-refractivity contribution in [2.75, 3.05) is 6.61 Å². The summed E-state index contributed by atoms with van der Waals surface area (Å²) in [5.41, 5.74) is -0.0395. The van der Waals surface area contributed by atoms with Crippen molar-refractivity contribution in [3.05, 3.63) is 0 Å². The third-order valence-corrected chi connectivity index (χ3v) is 5.66. The molecule has 0 radical (unpaired) electrons. The van der Waals surface area contributed by atoms with Crippen molar-refractivity contribution < 1.29 is 14.3 Å². The molecule has 160 valence electrons. The maximum atomic E-state index is 12.7. The fraction of sp³-hybridized carbons (Fsp3) is 0.917. The number of unbranched alkanes of at least 4 members (excludes halogenated alkanes) is 2. The van der Waals surface area contributed by atoms with Gasteiger partial charge < -0.3 is 4.74 Å². The highest BCUT2D eigenvalue weighted by molar-refractivity contribution is 5.83. The summed E-state index contributed by atoms with van der Waals surface area (Å²) in [5.74, 6) is 0.725. The van der Waals surface area contributed by atoms with Gasteiger partial charge in [-0.1, -0.05) is 69.2 Å². The van der Waals surface area contributed by atoms with Crippen LogP contribution in [0.3, 0.4) is 0 Å². The molecule has 0 heterocycles. The molecule has 0 aromatic heterocycles. The summed E-state index contributed by atoms with van der Waals surface area (Å²) in [6.07, 6.45) is 4.96. The molecule has 0 rings (SSSR count). The van der Waals surface area contributed by atoms with Gasteiger partial charge in [0.2, 0.25) is 0 Å². The van der Waals surface area contributed by atoms with Gasteiger partial charge in [-0.3, -0.25) is 9.59 Å². The van der Waals surface area contributed by atoms with Crippen LogP contribution in [0.25, 0.3) is 0 Å². The van der Waals surface area contributed by atoms with Crippen LogP contribution in [0.2, 0.25) is 0 Å². The van der Waals surface area contributed by atoms with E-state index < -0.39 is 0 Å². The molecule has 27 heavy (non-hydrogen) atoms. The van der Waals surface area contributed by atoms with Crippen LogP contribution in [-0.2, 0) is 14.3 Å². The summed E-state index contributed by atoms with van der Waals surface area (Å²) in [5, 5.41) is 0. The van der Waals surface area contributed by atoms with E-state index >= 15 is 0 Å². The zero-order valence-electron chi connectivity index (χ0n) is 19.8. The Hall–Kier alpha value is -0.860. The Labute approximate surface area is 169 Å². The Morgan fingerprint density at radius 2 is 1.37 bits per heavy atom. The molecule has 1 atom stereocenters. The number of esters is 1. The molecule has 0 aliphatic rings. The van der Waals surface area contributed by atoms with Gasteiger partial charge >= 0.3 is 5.97 Å². The second kappa shape index (κ2) is 10.6. The maximum Gasteiger partial charge on any atom is 0.308 e. The first-order chi connectivity index (χ1) is 12.1. The molecule has 0 saturated heterocycles. The number of carbonyl (C=O) groups excluding carboxylic acids is 2. The minimum absolute atomic E-state index is 0.0510. The minimum atomic E-state index is -0.254. The predicted molar refractivity (Wildman–Crippen MR) is 115 cm³/mol. The van der Waals surface area contributed by atoms with Crippen LogP contribution in [0.15, 0.2) is 0 Å². The number of ether oxygens (including phenoxy) is 1. The molecule has 0 fully saturated rings. The lowest BCUT2D eigenvalue weighted by atomic mass is 9.71. The molecule has 0 spiro atoms. The zero-order valence-corrected chi connectivity index (χ0v) is 19.8. The summed E-state index contributed by atoms with van der Waals surface area (Å²) < 4.78 is 5.63. The lowest BCUT2D eigenvalue weighted by Gasteiger charge is -2.34. The lowest BCUT2D eigenvalue weighted by molar-refractivity contribution is -0.151. The van der Waals surface area contributed by atoms with Gasteiger partial charge in [0.1, 0.15) is 5.78 Å². The summed E-state index contributed by atoms with van der Waals surface area (Å²) in [4.78, 5) is 24.6. The summed E-state index contributed by atoms with van der Waals surface area (Å²) in [6.45, 7) is 21.8. The summed E-state index contributed by atoms with van der Waals surface area (Å²) in [6, 6.07) is 0. The molecule has 0 aromatic rings. The largest absolute Gasteiger partial charge is 0.465 e. The van der Waals surface area contributed by atoms with E-state index in [2.05, 4.69) is 48.5 Å². The van der Waals surface area contributed by atoms with E-state index in [1.807, 2.05) is 20.8 Å². The number of hydrogen-bond acceptors (Lipinski definition) is 3. The highest BCUT2D eigenvalue weighted by atomic mass is 16.5. The SMILES string of the molecule is CC(C)C(C)(C)CC(CC(C)(C)C)C(=O)OCCCCCC(=O)C(C)(C)C. The molecular formula is C24H46O3. The first kappa shape index (κ1) is 26.1. The van der Waals surface area contributed by atoms with Crippen LogP contribution in [-0.4, -0.2) is 18.4 Å². The van der Waals surface area contributed by atoms with Crippen LogP contribution in [0, 0.1) is 28.1 Å². The van der Waals surface area contributed by atoms with Crippen molar-refractivity contribution in [2.24, 2.45) is 28.1 Å². The van der Waals surface area contributed by atoms with Gasteiger partial charge in [-0.05, 0) is 48.9 Å². The van der Waals surface area contributed by atoms with Crippen molar-refractivity contribution in [1.29, 1.82) is 0 Å². The van der Waals surface area contributed by atoms with E-state index in [4.69, 9.17) is 4.74 Å². The van der Waals surface area contributed by atoms with Gasteiger partial charge in [-0.25, -0.2) is 0 Å². The fourth-order valence-corrected chi connectivity index (χ4v) is 3.08. The van der Waals surface area contributed by atoms with E-state index in [-0.39, 0.29) is 28.1 Å². The van der Waals surface area contributed by atoms with Gasteiger partial charge in [-0.15, -0.1) is 0 Å². The van der Waals surface area contributed by atoms with E-state index in [1.54, 1.807) is 0 Å². The quantitative estimate of drug-likeness (QED) is 0.290. The summed E-state index contributed by atoms with van der Waals surface area (Å²) >= 11 is 0. The van der Waals surface area contributed by atoms with E-state index in [1.165, 1.54) is 0 Å². The molecule has 3 nitrogen and oxygen atoms in total. The lowest BCUT2D eigenvalue weighted by Crippen LogP contribution is -2.31. The van der Waals surface area contributed by atoms with Crippen molar-refractivity contribution in [1.82, 2.24) is 0 Å². The molecule has 0 aliphatic carbocycles. The van der Waals surface area contributed by atoms with Crippen molar-refractivity contribution in [3.63, 3.8) is 0 Å². The minimum Gasteiger partial charge on any atom is -0.465 e. The normalized spacial score (nSPS) is 14.3. The first-order valence-corrected chi connectivity index (χ1v) is 10.8. The van der Waals surface area contributed by atoms with Crippen molar-refractivity contribution in [2.45, 2.75) is 108 Å². The standard InChI is InChI=1S/C24H46O3/c1-18(2)24(9,10)17-19(16-22(3,4)5)21(26)27-15-13-11-12-14-20(25)23(6,7)8/h18-19H,11-17H2,1-10H3. The van der Waals surface area contributed by atoms with E-state index in [9.17, 15) is 9.59 Å². The molecule has 0 aromatic carbocycles. The predicted octanol–water partition coefficient (Wildman–Crippen LogP) is 6.83. The molecule has 1 unspecified atom stereocenters. The Bertz CT molecular complexity index is 461. The highest BCUT2D eigenvalue weighted by Crippen LogP contribution is 2.38. The fourth-order valence-electron chi connectivity index (χ4n) is 3.08. The number of carbonyl (C=O) groups is 2. The average Bonchev–Trinajstić information content (AvgIpc) is 2.46. The Kier molecular flexibility index (Phi) is 10.3. The monoisotopic (exact) mass is 382 g/mol. The third kappa shape index (κ3) is 11.5. The molecule has 0 saturated carbocycles. The van der Waals surface area contributed by atoms with Crippen LogP contribution >= 0.6 is 0 Å². The molecule has 0 aliphatic heterocycles. The number of rotatable bonds is 11. The van der Waals surface area contributed by atoms with Crippen molar-refractivity contribution in [3.8, 4) is 0 Å². The van der Waals surface area contributed by atoms with Crippen molar-refractivity contribution >= 4 is 11.8 Å². The number of Topliss-reactive ketones (excluding diaryl/α,β-unsaturated/α-hetero) is 1. The van der Waals surface area contributed by atoms with E-state index in [0.717, 1.165) is 32.1 Å². The van der Waals surface area contributed by atoms with Gasteiger partial charge in [0.15, 0.2) is 0 Å². The Morgan fingerprint density at radius 1 is 0.815 bits per heavy atom. The second-order valence-corrected chi connectivity index (χ2v) is 11.5. The number of ketones is 1. The van der Waals surface area contributed by atoms with Crippen LogP contribution in [0.1, 0.15) is 108 Å². The van der Waals surface area contributed by atoms with Gasteiger partial charge in [0, 0.05) is 11.8 Å². The van der Waals surface area contributed by atoms with E-state index in [0.29, 0.717) is 24.7 Å². The Morgan fingerprint density at radius 3 is 1.81 bits per heavy atom. The Balaban J connectivity index is 4.47. The third-order valence-electron chi connectivity index (χ3n) is 5.66. The molecular weight excluding hydrogens is 336 g/mol. The molecule has 3 heteroatoms. The second-order valence-electron chi connectivity index (χ2n) is 11.5. The van der Waals surface area contributed by atoms with Gasteiger partial charge in [0.25, 0.3) is 0 Å². The first-order valence-electron chi connectivity index (χ1n) is 10.8. The number of hydrogen-bond donors (Lipinski definition) is 0. The zero-order chi connectivity index (χ0) is 21.5.